The maximum absolute atomic E-state index is 2.43. The van der Waals surface area contributed by atoms with E-state index in [1.807, 2.05) is 0 Å². The second kappa shape index (κ2) is 2.49. The molecule has 1 rings (SSSR count). The number of hydrogen-bond donors (Lipinski definition) is 0. The lowest BCUT2D eigenvalue weighted by Gasteiger charge is -2.37. The number of nitrogens with zero attached hydrogens (tertiary/aromatic N) is 1. The summed E-state index contributed by atoms with van der Waals surface area (Å²) in [6, 6.07) is 0.931. The maximum atomic E-state index is 2.43. The molecule has 0 N–H and O–H groups in total. The SMILES string of the molecule is CCC[C@@H]1CCN1C. The molecular formula is C7H15N. The quantitative estimate of drug-likeness (QED) is 0.524. The molecule has 1 aliphatic heterocycles. The van der Waals surface area contributed by atoms with Crippen molar-refractivity contribution in [1.29, 1.82) is 0 Å². The summed E-state index contributed by atoms with van der Waals surface area (Å²) >= 11 is 0. The third-order valence-electron chi connectivity index (χ3n) is 2.06. The van der Waals surface area contributed by atoms with Gasteiger partial charge in [0.15, 0.2) is 0 Å². The van der Waals surface area contributed by atoms with Gasteiger partial charge in [-0.1, -0.05) is 13.3 Å². The average Bonchev–Trinajstić information content (AvgIpc) is 1.79. The molecule has 0 spiro atoms. The van der Waals surface area contributed by atoms with Crippen LogP contribution < -0.4 is 0 Å². The topological polar surface area (TPSA) is 3.24 Å². The lowest BCUT2D eigenvalue weighted by molar-refractivity contribution is 0.118. The van der Waals surface area contributed by atoms with Gasteiger partial charge in [-0.25, -0.2) is 0 Å². The first-order valence-electron chi connectivity index (χ1n) is 3.55. The van der Waals surface area contributed by atoms with Crippen LogP contribution in [0, 0.1) is 0 Å². The molecule has 1 saturated heterocycles. The summed E-state index contributed by atoms with van der Waals surface area (Å²) in [7, 11) is 2.21. The van der Waals surface area contributed by atoms with Crippen LogP contribution in [-0.4, -0.2) is 24.5 Å². The van der Waals surface area contributed by atoms with Gasteiger partial charge < -0.3 is 4.90 Å². The van der Waals surface area contributed by atoms with Crippen molar-refractivity contribution in [3.05, 3.63) is 0 Å². The molecule has 0 aromatic rings. The van der Waals surface area contributed by atoms with E-state index in [-0.39, 0.29) is 0 Å². The van der Waals surface area contributed by atoms with Crippen molar-refractivity contribution >= 4 is 0 Å². The first-order valence-corrected chi connectivity index (χ1v) is 3.55. The molecule has 0 aromatic carbocycles. The fourth-order valence-corrected chi connectivity index (χ4v) is 1.27. The first-order chi connectivity index (χ1) is 3.84. The lowest BCUT2D eigenvalue weighted by atomic mass is 10.00. The van der Waals surface area contributed by atoms with E-state index in [2.05, 4.69) is 18.9 Å². The van der Waals surface area contributed by atoms with E-state index in [9.17, 15) is 0 Å². The molecule has 0 amide bonds. The van der Waals surface area contributed by atoms with E-state index in [1.54, 1.807) is 0 Å². The Morgan fingerprint density at radius 2 is 2.38 bits per heavy atom. The second-order valence-corrected chi connectivity index (χ2v) is 2.71. The zero-order valence-electron chi connectivity index (χ0n) is 5.85. The van der Waals surface area contributed by atoms with Gasteiger partial charge in [0.2, 0.25) is 0 Å². The molecule has 0 aliphatic carbocycles. The molecule has 8 heavy (non-hydrogen) atoms. The zero-order valence-corrected chi connectivity index (χ0v) is 5.85. The zero-order chi connectivity index (χ0) is 5.98. The monoisotopic (exact) mass is 113 g/mol. The third-order valence-corrected chi connectivity index (χ3v) is 2.06. The average molecular weight is 113 g/mol. The van der Waals surface area contributed by atoms with E-state index in [1.165, 1.54) is 25.8 Å². The summed E-state index contributed by atoms with van der Waals surface area (Å²) in [6.07, 6.45) is 4.18. The van der Waals surface area contributed by atoms with Crippen LogP contribution in [0.5, 0.6) is 0 Å². The smallest absolute Gasteiger partial charge is 0.0104 e. The second-order valence-electron chi connectivity index (χ2n) is 2.71. The minimum Gasteiger partial charge on any atom is -0.303 e. The van der Waals surface area contributed by atoms with Crippen LogP contribution in [-0.2, 0) is 0 Å². The maximum Gasteiger partial charge on any atom is 0.0104 e. The molecule has 0 bridgehead atoms. The van der Waals surface area contributed by atoms with Crippen molar-refractivity contribution in [1.82, 2.24) is 4.90 Å². The van der Waals surface area contributed by atoms with Gasteiger partial charge in [-0.15, -0.1) is 0 Å². The molecule has 1 atom stereocenters. The van der Waals surface area contributed by atoms with Gasteiger partial charge in [-0.3, -0.25) is 0 Å². The van der Waals surface area contributed by atoms with Gasteiger partial charge >= 0.3 is 0 Å². The Kier molecular flexibility index (Phi) is 1.90. The van der Waals surface area contributed by atoms with Crippen molar-refractivity contribution in [2.75, 3.05) is 13.6 Å². The van der Waals surface area contributed by atoms with E-state index >= 15 is 0 Å². The predicted molar refractivity (Wildman–Crippen MR) is 35.9 cm³/mol. The van der Waals surface area contributed by atoms with Crippen molar-refractivity contribution in [3.8, 4) is 0 Å². The van der Waals surface area contributed by atoms with E-state index in [4.69, 9.17) is 0 Å². The van der Waals surface area contributed by atoms with Crippen LogP contribution in [0.25, 0.3) is 0 Å². The minimum absolute atomic E-state index is 0.931. The lowest BCUT2D eigenvalue weighted by Crippen LogP contribution is -2.44. The van der Waals surface area contributed by atoms with Crippen LogP contribution in [0.1, 0.15) is 26.2 Å². The highest BCUT2D eigenvalue weighted by Gasteiger charge is 2.21. The minimum atomic E-state index is 0.931. The number of likely N-dealkylation sites (tertiary alicyclic amines) is 1. The Labute approximate surface area is 51.7 Å². The highest BCUT2D eigenvalue weighted by Crippen LogP contribution is 2.18. The van der Waals surface area contributed by atoms with Crippen molar-refractivity contribution in [2.24, 2.45) is 0 Å². The molecule has 1 heteroatoms. The van der Waals surface area contributed by atoms with Crippen molar-refractivity contribution in [2.45, 2.75) is 32.2 Å². The largest absolute Gasteiger partial charge is 0.303 e. The number of hydrogen-bond acceptors (Lipinski definition) is 1. The fourth-order valence-electron chi connectivity index (χ4n) is 1.27. The van der Waals surface area contributed by atoms with E-state index in [0.29, 0.717) is 0 Å². The standard InChI is InChI=1S/C7H15N/c1-3-4-7-5-6-8(7)2/h7H,3-6H2,1-2H3/t7-/m1/s1. The molecular weight excluding hydrogens is 98.1 g/mol. The van der Waals surface area contributed by atoms with Gasteiger partial charge in [0.25, 0.3) is 0 Å². The molecule has 0 aromatic heterocycles. The third kappa shape index (κ3) is 1.03. The van der Waals surface area contributed by atoms with E-state index < -0.39 is 0 Å². The molecule has 0 saturated carbocycles. The number of rotatable bonds is 2. The summed E-state index contributed by atoms with van der Waals surface area (Å²) < 4.78 is 0. The van der Waals surface area contributed by atoms with Crippen LogP contribution in [0.3, 0.4) is 0 Å². The molecule has 1 fully saturated rings. The Hall–Kier alpha value is -0.0400. The highest BCUT2D eigenvalue weighted by atomic mass is 15.2. The van der Waals surface area contributed by atoms with Crippen molar-refractivity contribution < 1.29 is 0 Å². The molecule has 1 heterocycles. The molecule has 1 aliphatic rings. The Balaban J connectivity index is 2.08. The normalized spacial score (nSPS) is 30.0. The highest BCUT2D eigenvalue weighted by molar-refractivity contribution is 4.78. The Bertz CT molecular complexity index is 70.8. The van der Waals surface area contributed by atoms with E-state index in [0.717, 1.165) is 6.04 Å². The molecule has 0 radical (unpaired) electrons. The summed E-state index contributed by atoms with van der Waals surface area (Å²) in [5, 5.41) is 0. The molecule has 1 nitrogen and oxygen atoms in total. The van der Waals surface area contributed by atoms with Crippen LogP contribution in [0.2, 0.25) is 0 Å². The van der Waals surface area contributed by atoms with Gasteiger partial charge in [-0.2, -0.15) is 0 Å². The fraction of sp³-hybridized carbons (Fsp3) is 1.00. The molecule has 0 unspecified atom stereocenters. The van der Waals surface area contributed by atoms with Crippen molar-refractivity contribution in [3.63, 3.8) is 0 Å². The predicted octanol–water partition coefficient (Wildman–Crippen LogP) is 1.49. The summed E-state index contributed by atoms with van der Waals surface area (Å²) in [6.45, 7) is 3.58. The summed E-state index contributed by atoms with van der Waals surface area (Å²) in [5.41, 5.74) is 0. The first kappa shape index (κ1) is 6.09. The van der Waals surface area contributed by atoms with Crippen LogP contribution in [0.15, 0.2) is 0 Å². The summed E-state index contributed by atoms with van der Waals surface area (Å²) in [5.74, 6) is 0. The van der Waals surface area contributed by atoms with Crippen LogP contribution >= 0.6 is 0 Å². The Morgan fingerprint density at radius 1 is 1.62 bits per heavy atom. The van der Waals surface area contributed by atoms with Gasteiger partial charge in [0.1, 0.15) is 0 Å². The summed E-state index contributed by atoms with van der Waals surface area (Å²) in [4.78, 5) is 2.43. The van der Waals surface area contributed by atoms with Gasteiger partial charge in [-0.05, 0) is 26.4 Å². The van der Waals surface area contributed by atoms with Gasteiger partial charge in [0.05, 0.1) is 0 Å². The van der Waals surface area contributed by atoms with Crippen LogP contribution in [0.4, 0.5) is 0 Å². The Morgan fingerprint density at radius 3 is 2.50 bits per heavy atom. The molecule has 48 valence electrons. The van der Waals surface area contributed by atoms with Gasteiger partial charge in [0, 0.05) is 6.04 Å².